The first-order chi connectivity index (χ1) is 11.5. The SMILES string of the molecule is CCCCCCCC/C=C\CCCCCCCC(=O)[O-].O=[N+]([O-])[O-].[Ga]. The molecule has 3 radical (unpaired) electrons. The number of aliphatic carboxylic acids is 1. The number of carboxylic acid groups (broad SMARTS) is 1. The first-order valence-corrected chi connectivity index (χ1v) is 9.17. The number of hydrogen-bond acceptors (Lipinski definition) is 5. The minimum atomic E-state index is -1.75. The molecule has 0 aromatic rings. The third-order valence-corrected chi connectivity index (χ3v) is 3.64. The largest absolute Gasteiger partial charge is 0.550 e. The Balaban J connectivity index is -0.000000867. The molecule has 0 aromatic heterocycles. The number of unbranched alkanes of at least 4 members (excludes halogenated alkanes) is 11. The Labute approximate surface area is 165 Å². The van der Waals surface area contributed by atoms with Crippen molar-refractivity contribution in [3.05, 3.63) is 27.5 Å². The molecule has 0 atom stereocenters. The van der Waals surface area contributed by atoms with Gasteiger partial charge in [0.25, 0.3) is 0 Å². The number of carbonyl (C=O) groups is 1. The fourth-order valence-corrected chi connectivity index (χ4v) is 2.34. The summed E-state index contributed by atoms with van der Waals surface area (Å²) in [5, 5.41) is 25.0. The van der Waals surface area contributed by atoms with Gasteiger partial charge in [0.05, 0.1) is 5.09 Å². The maximum Gasteiger partial charge on any atom is 0.0689 e. The summed E-state index contributed by atoms with van der Waals surface area (Å²) < 4.78 is 0. The summed E-state index contributed by atoms with van der Waals surface area (Å²) in [4.78, 5) is 18.5. The van der Waals surface area contributed by atoms with E-state index >= 15 is 0 Å². The zero-order chi connectivity index (χ0) is 18.5. The van der Waals surface area contributed by atoms with E-state index in [0.29, 0.717) is 0 Å². The van der Waals surface area contributed by atoms with Gasteiger partial charge < -0.3 is 25.2 Å². The molecule has 0 aliphatic heterocycles. The Morgan fingerprint density at radius 1 is 0.800 bits per heavy atom. The molecule has 0 aromatic carbocycles. The van der Waals surface area contributed by atoms with Crippen molar-refractivity contribution in [1.82, 2.24) is 0 Å². The van der Waals surface area contributed by atoms with Crippen molar-refractivity contribution in [3.8, 4) is 0 Å². The topological polar surface area (TPSA) is 106 Å². The number of hydrogen-bond donors (Lipinski definition) is 0. The van der Waals surface area contributed by atoms with Gasteiger partial charge in [0.15, 0.2) is 0 Å². The van der Waals surface area contributed by atoms with Crippen molar-refractivity contribution in [3.63, 3.8) is 0 Å². The average Bonchev–Trinajstić information content (AvgIpc) is 2.50. The van der Waals surface area contributed by atoms with Gasteiger partial charge in [-0.2, -0.15) is 0 Å². The number of nitrogens with zero attached hydrogens (tertiary/aromatic N) is 1. The number of rotatable bonds is 15. The third-order valence-electron chi connectivity index (χ3n) is 3.64. The van der Waals surface area contributed by atoms with E-state index in [1.54, 1.807) is 0 Å². The van der Waals surface area contributed by atoms with Crippen LogP contribution in [0.1, 0.15) is 96.8 Å². The monoisotopic (exact) mass is 412 g/mol. The van der Waals surface area contributed by atoms with Crippen molar-refractivity contribution < 1.29 is 15.0 Å². The molecule has 0 saturated carbocycles. The van der Waals surface area contributed by atoms with Gasteiger partial charge in [-0.15, -0.1) is 0 Å². The molecular weight excluding hydrogens is 380 g/mol. The van der Waals surface area contributed by atoms with Crippen LogP contribution < -0.4 is 5.11 Å². The van der Waals surface area contributed by atoms with Crippen LogP contribution in [0.25, 0.3) is 0 Å². The summed E-state index contributed by atoms with van der Waals surface area (Å²) in [6.45, 7) is 2.26. The Kier molecular flexibility index (Phi) is 29.2. The first-order valence-electron chi connectivity index (χ1n) is 9.17. The summed E-state index contributed by atoms with van der Waals surface area (Å²) >= 11 is 0. The summed E-state index contributed by atoms with van der Waals surface area (Å²) in [6.07, 6.45) is 20.9. The molecule has 145 valence electrons. The normalized spacial score (nSPS) is 9.96. The molecule has 0 aliphatic carbocycles. The molecule has 6 nitrogen and oxygen atoms in total. The molecular formula is C18H33GaNO5-2. The minimum absolute atomic E-state index is 0. The zero-order valence-corrected chi connectivity index (χ0v) is 18.0. The maximum absolute atomic E-state index is 10.2. The van der Waals surface area contributed by atoms with Crippen LogP contribution in [0, 0.1) is 15.3 Å². The molecule has 0 aliphatic rings. The van der Waals surface area contributed by atoms with Crippen molar-refractivity contribution in [2.45, 2.75) is 96.8 Å². The van der Waals surface area contributed by atoms with E-state index < -0.39 is 11.1 Å². The second-order valence-corrected chi connectivity index (χ2v) is 5.93. The van der Waals surface area contributed by atoms with Crippen LogP contribution in [0.2, 0.25) is 0 Å². The molecule has 0 rings (SSSR count). The Bertz CT molecular complexity index is 321. The van der Waals surface area contributed by atoms with Crippen molar-refractivity contribution in [1.29, 1.82) is 0 Å². The second kappa shape index (κ2) is 25.3. The maximum atomic E-state index is 10.2. The van der Waals surface area contributed by atoms with Crippen LogP contribution in [0.3, 0.4) is 0 Å². The van der Waals surface area contributed by atoms with Gasteiger partial charge in [-0.3, -0.25) is 0 Å². The molecule has 7 heteroatoms. The van der Waals surface area contributed by atoms with Gasteiger partial charge in [-0.25, -0.2) is 0 Å². The molecule has 0 saturated heterocycles. The molecule has 0 bridgehead atoms. The van der Waals surface area contributed by atoms with E-state index in [1.165, 1.54) is 64.2 Å². The van der Waals surface area contributed by atoms with E-state index in [0.717, 1.165) is 19.3 Å². The molecule has 0 heterocycles. The third kappa shape index (κ3) is 39.6. The van der Waals surface area contributed by atoms with Gasteiger partial charge in [0.2, 0.25) is 0 Å². The Morgan fingerprint density at radius 2 is 1.16 bits per heavy atom. The fourth-order valence-electron chi connectivity index (χ4n) is 2.34. The van der Waals surface area contributed by atoms with E-state index in [-0.39, 0.29) is 26.2 Å². The zero-order valence-electron chi connectivity index (χ0n) is 15.6. The molecule has 0 fully saturated rings. The smallest absolute Gasteiger partial charge is 0.0689 e. The van der Waals surface area contributed by atoms with Crippen molar-refractivity contribution >= 4 is 25.8 Å². The van der Waals surface area contributed by atoms with Gasteiger partial charge in [-0.1, -0.05) is 70.4 Å². The first kappa shape index (κ1) is 28.8. The van der Waals surface area contributed by atoms with Gasteiger partial charge in [-0.05, 0) is 38.5 Å². The van der Waals surface area contributed by atoms with Crippen LogP contribution in [0.5, 0.6) is 0 Å². The van der Waals surface area contributed by atoms with E-state index in [1.807, 2.05) is 0 Å². The quantitative estimate of drug-likeness (QED) is 0.132. The minimum Gasteiger partial charge on any atom is -0.550 e. The average molecular weight is 413 g/mol. The summed E-state index contributed by atoms with van der Waals surface area (Å²) in [5.74, 6) is -0.914. The molecule has 0 N–H and O–H groups in total. The molecule has 0 unspecified atom stereocenters. The molecule has 0 spiro atoms. The van der Waals surface area contributed by atoms with E-state index in [9.17, 15) is 9.90 Å². The standard InChI is InChI=1S/C18H34O2.Ga.NO3/c1-2-3-4-5-6-7-8-9-10-11-12-13-14-15-16-17-18(19)20;;2-1(3)4/h9-10H,2-8,11-17H2,1H3,(H,19,20);;/q;;-1/p-1/b10-9-;;. The van der Waals surface area contributed by atoms with Gasteiger partial charge in [0.1, 0.15) is 0 Å². The number of allylic oxidation sites excluding steroid dienone is 2. The second-order valence-electron chi connectivity index (χ2n) is 5.93. The van der Waals surface area contributed by atoms with Crippen LogP contribution in [0.4, 0.5) is 0 Å². The Morgan fingerprint density at radius 3 is 1.56 bits per heavy atom. The van der Waals surface area contributed by atoms with Gasteiger partial charge >= 0.3 is 0 Å². The number of carbonyl (C=O) groups excluding carboxylic acids is 1. The van der Waals surface area contributed by atoms with Crippen molar-refractivity contribution in [2.75, 3.05) is 0 Å². The number of carboxylic acids is 1. The predicted octanol–water partition coefficient (Wildman–Crippen LogP) is 4.15. The Hall–Kier alpha value is -0.954. The summed E-state index contributed by atoms with van der Waals surface area (Å²) in [7, 11) is 0. The van der Waals surface area contributed by atoms with Crippen molar-refractivity contribution in [2.24, 2.45) is 0 Å². The van der Waals surface area contributed by atoms with E-state index in [2.05, 4.69) is 19.1 Å². The van der Waals surface area contributed by atoms with Crippen LogP contribution in [0.15, 0.2) is 12.2 Å². The molecule has 0 amide bonds. The van der Waals surface area contributed by atoms with Crippen LogP contribution in [-0.4, -0.2) is 30.8 Å². The fraction of sp³-hybridized carbons (Fsp3) is 0.833. The molecule has 25 heavy (non-hydrogen) atoms. The summed E-state index contributed by atoms with van der Waals surface area (Å²) in [5.41, 5.74) is 0. The van der Waals surface area contributed by atoms with E-state index in [4.69, 9.17) is 15.3 Å². The predicted molar refractivity (Wildman–Crippen MR) is 101 cm³/mol. The summed E-state index contributed by atoms with van der Waals surface area (Å²) in [6, 6.07) is 0. The van der Waals surface area contributed by atoms with Gasteiger partial charge in [0, 0.05) is 25.8 Å². The van der Waals surface area contributed by atoms with Crippen LogP contribution >= 0.6 is 0 Å². The van der Waals surface area contributed by atoms with Crippen LogP contribution in [-0.2, 0) is 4.79 Å².